The van der Waals surface area contributed by atoms with Crippen LogP contribution in [0.15, 0.2) is 41.8 Å². The number of hydrogen-bond donors (Lipinski definition) is 2. The number of rotatable bonds is 5. The maximum atomic E-state index is 9.66. The zero-order valence-electron chi connectivity index (χ0n) is 11.6. The van der Waals surface area contributed by atoms with Gasteiger partial charge in [-0.2, -0.15) is 0 Å². The molecule has 3 heteroatoms. The highest BCUT2D eigenvalue weighted by atomic mass is 32.1. The first-order valence-corrected chi connectivity index (χ1v) is 8.22. The largest absolute Gasteiger partial charge is 0.395 e. The van der Waals surface area contributed by atoms with Crippen molar-refractivity contribution in [3.63, 3.8) is 0 Å². The molecule has 0 radical (unpaired) electrons. The van der Waals surface area contributed by atoms with Crippen LogP contribution in [-0.2, 0) is 12.8 Å². The molecular formula is C17H21NOS. The highest BCUT2D eigenvalue weighted by molar-refractivity contribution is 7.10. The minimum atomic E-state index is 0.133. The molecule has 1 aromatic heterocycles. The molecule has 1 heterocycles. The maximum absolute atomic E-state index is 9.66. The molecule has 2 nitrogen and oxygen atoms in total. The molecule has 2 N–H and O–H groups in total. The molecule has 106 valence electrons. The lowest BCUT2D eigenvalue weighted by atomic mass is 9.93. The van der Waals surface area contributed by atoms with Gasteiger partial charge in [0.05, 0.1) is 6.61 Å². The van der Waals surface area contributed by atoms with Crippen molar-refractivity contribution < 1.29 is 5.11 Å². The topological polar surface area (TPSA) is 32.3 Å². The van der Waals surface area contributed by atoms with Gasteiger partial charge in [-0.05, 0) is 48.3 Å². The van der Waals surface area contributed by atoms with Crippen molar-refractivity contribution in [1.29, 1.82) is 0 Å². The second kappa shape index (κ2) is 6.53. The fourth-order valence-corrected chi connectivity index (χ4v) is 4.01. The summed E-state index contributed by atoms with van der Waals surface area (Å²) in [4.78, 5) is 1.52. The molecule has 0 saturated carbocycles. The van der Waals surface area contributed by atoms with Gasteiger partial charge in [-0.3, -0.25) is 0 Å². The van der Waals surface area contributed by atoms with Crippen LogP contribution >= 0.6 is 11.3 Å². The Hall–Kier alpha value is -1.16. The van der Waals surface area contributed by atoms with Crippen LogP contribution in [0.2, 0.25) is 0 Å². The van der Waals surface area contributed by atoms with E-state index in [9.17, 15) is 5.11 Å². The van der Waals surface area contributed by atoms with Gasteiger partial charge in [0.25, 0.3) is 0 Å². The third kappa shape index (κ3) is 3.11. The minimum absolute atomic E-state index is 0.133. The fraction of sp³-hybridized carbons (Fsp3) is 0.412. The average molecular weight is 287 g/mol. The average Bonchev–Trinajstić information content (AvgIpc) is 2.97. The predicted octanol–water partition coefficient (Wildman–Crippen LogP) is 3.32. The van der Waals surface area contributed by atoms with E-state index in [2.05, 4.69) is 41.0 Å². The number of fused-ring (bicyclic) bond motifs is 1. The lowest BCUT2D eigenvalue weighted by molar-refractivity contribution is 0.226. The van der Waals surface area contributed by atoms with E-state index in [4.69, 9.17) is 0 Å². The van der Waals surface area contributed by atoms with Gasteiger partial charge in [0.15, 0.2) is 0 Å². The second-order valence-electron chi connectivity index (χ2n) is 5.48. The smallest absolute Gasteiger partial charge is 0.0588 e. The molecule has 1 aliphatic rings. The van der Waals surface area contributed by atoms with E-state index in [0.29, 0.717) is 6.04 Å². The zero-order chi connectivity index (χ0) is 13.8. The van der Waals surface area contributed by atoms with E-state index < -0.39 is 0 Å². The molecule has 1 unspecified atom stereocenters. The monoisotopic (exact) mass is 287 g/mol. The first-order valence-electron chi connectivity index (χ1n) is 7.34. The van der Waals surface area contributed by atoms with Gasteiger partial charge in [-0.15, -0.1) is 11.3 Å². The number of hydrogen-bond acceptors (Lipinski definition) is 3. The van der Waals surface area contributed by atoms with Gasteiger partial charge < -0.3 is 10.4 Å². The highest BCUT2D eigenvalue weighted by Crippen LogP contribution is 2.33. The molecule has 2 aromatic rings. The van der Waals surface area contributed by atoms with Gasteiger partial charge in [0.2, 0.25) is 0 Å². The van der Waals surface area contributed by atoms with Crippen molar-refractivity contribution in [2.75, 3.05) is 6.61 Å². The SMILES string of the molecule is OC[C@H](Cc1ccccc1)NC1CCCc2sccc21. The van der Waals surface area contributed by atoms with Crippen LogP contribution in [0.5, 0.6) is 0 Å². The van der Waals surface area contributed by atoms with Crippen LogP contribution < -0.4 is 5.32 Å². The second-order valence-corrected chi connectivity index (χ2v) is 6.48. The summed E-state index contributed by atoms with van der Waals surface area (Å²) < 4.78 is 0. The molecule has 0 bridgehead atoms. The lowest BCUT2D eigenvalue weighted by Crippen LogP contribution is -2.38. The maximum Gasteiger partial charge on any atom is 0.0588 e. The molecule has 1 aliphatic carbocycles. The van der Waals surface area contributed by atoms with Gasteiger partial charge >= 0.3 is 0 Å². The zero-order valence-corrected chi connectivity index (χ0v) is 12.4. The molecule has 0 spiro atoms. The van der Waals surface area contributed by atoms with Crippen LogP contribution in [0.25, 0.3) is 0 Å². The Bertz CT molecular complexity index is 537. The fourth-order valence-electron chi connectivity index (χ4n) is 3.02. The molecule has 20 heavy (non-hydrogen) atoms. The van der Waals surface area contributed by atoms with Crippen molar-refractivity contribution in [3.8, 4) is 0 Å². The number of thiophene rings is 1. The number of aliphatic hydroxyl groups excluding tert-OH is 1. The summed E-state index contributed by atoms with van der Waals surface area (Å²) in [5.41, 5.74) is 2.73. The van der Waals surface area contributed by atoms with Crippen molar-refractivity contribution in [1.82, 2.24) is 5.32 Å². The first-order chi connectivity index (χ1) is 9.86. The van der Waals surface area contributed by atoms with E-state index in [1.165, 1.54) is 35.3 Å². The standard InChI is InChI=1S/C17H21NOS/c19-12-14(11-13-5-2-1-3-6-13)18-16-7-4-8-17-15(16)9-10-20-17/h1-3,5-6,9-10,14,16,18-19H,4,7-8,11-12H2/t14-,16?/m0/s1. The predicted molar refractivity (Wildman–Crippen MR) is 84.2 cm³/mol. The van der Waals surface area contributed by atoms with Gasteiger partial charge in [-0.1, -0.05) is 30.3 Å². The van der Waals surface area contributed by atoms with Crippen molar-refractivity contribution in [2.24, 2.45) is 0 Å². The number of aryl methyl sites for hydroxylation is 1. The van der Waals surface area contributed by atoms with Crippen molar-refractivity contribution >= 4 is 11.3 Å². The molecule has 2 atom stereocenters. The van der Waals surface area contributed by atoms with Gasteiger partial charge in [0.1, 0.15) is 0 Å². The summed E-state index contributed by atoms with van der Waals surface area (Å²) >= 11 is 1.87. The van der Waals surface area contributed by atoms with E-state index in [-0.39, 0.29) is 12.6 Å². The number of aliphatic hydroxyl groups is 1. The molecular weight excluding hydrogens is 266 g/mol. The summed E-state index contributed by atoms with van der Waals surface area (Å²) in [5, 5.41) is 15.5. The van der Waals surface area contributed by atoms with Crippen LogP contribution in [0.1, 0.15) is 34.9 Å². The van der Waals surface area contributed by atoms with Crippen LogP contribution in [-0.4, -0.2) is 17.8 Å². The Balaban J connectivity index is 1.67. The molecule has 3 rings (SSSR count). The Morgan fingerprint density at radius 2 is 2.10 bits per heavy atom. The summed E-state index contributed by atoms with van der Waals surface area (Å²) in [6, 6.07) is 13.2. The summed E-state index contributed by atoms with van der Waals surface area (Å²) in [6.07, 6.45) is 4.52. The molecule has 1 aromatic carbocycles. The Morgan fingerprint density at radius 1 is 1.25 bits per heavy atom. The molecule has 0 saturated heterocycles. The lowest BCUT2D eigenvalue weighted by Gasteiger charge is -2.28. The molecule has 0 amide bonds. The Morgan fingerprint density at radius 3 is 2.90 bits per heavy atom. The van der Waals surface area contributed by atoms with E-state index in [1.807, 2.05) is 17.4 Å². The van der Waals surface area contributed by atoms with Crippen LogP contribution in [0.3, 0.4) is 0 Å². The summed E-state index contributed by atoms with van der Waals surface area (Å²) in [5.74, 6) is 0. The van der Waals surface area contributed by atoms with Crippen LogP contribution in [0.4, 0.5) is 0 Å². The minimum Gasteiger partial charge on any atom is -0.395 e. The highest BCUT2D eigenvalue weighted by Gasteiger charge is 2.23. The van der Waals surface area contributed by atoms with Crippen molar-refractivity contribution in [2.45, 2.75) is 37.8 Å². The molecule has 0 aliphatic heterocycles. The van der Waals surface area contributed by atoms with E-state index in [0.717, 1.165) is 6.42 Å². The number of benzene rings is 1. The quantitative estimate of drug-likeness (QED) is 0.884. The molecule has 0 fully saturated rings. The van der Waals surface area contributed by atoms with Crippen LogP contribution in [0, 0.1) is 0 Å². The van der Waals surface area contributed by atoms with E-state index in [1.54, 1.807) is 0 Å². The number of nitrogens with one attached hydrogen (secondary N) is 1. The van der Waals surface area contributed by atoms with Gasteiger partial charge in [-0.25, -0.2) is 0 Å². The van der Waals surface area contributed by atoms with E-state index >= 15 is 0 Å². The first kappa shape index (κ1) is 13.8. The summed E-state index contributed by atoms with van der Waals surface area (Å²) in [6.45, 7) is 0.185. The third-order valence-corrected chi connectivity index (χ3v) is 5.03. The van der Waals surface area contributed by atoms with Gasteiger partial charge in [0, 0.05) is 17.0 Å². The van der Waals surface area contributed by atoms with Crippen molar-refractivity contribution in [3.05, 3.63) is 57.8 Å². The Labute approximate surface area is 124 Å². The third-order valence-electron chi connectivity index (χ3n) is 4.03. The normalized spacial score (nSPS) is 19.6. The Kier molecular flexibility index (Phi) is 4.51. The summed E-state index contributed by atoms with van der Waals surface area (Å²) in [7, 11) is 0.